The Morgan fingerprint density at radius 3 is 2.68 bits per heavy atom. The molecule has 6 nitrogen and oxygen atoms in total. The maximum absolute atomic E-state index is 12.2. The van der Waals surface area contributed by atoms with Gasteiger partial charge < -0.3 is 15.2 Å². The Hall–Kier alpha value is -2.37. The van der Waals surface area contributed by atoms with Crippen molar-refractivity contribution in [3.63, 3.8) is 0 Å². The molecule has 116 valence electrons. The quantitative estimate of drug-likeness (QED) is 0.901. The van der Waals surface area contributed by atoms with Crippen molar-refractivity contribution in [2.24, 2.45) is 5.92 Å². The Morgan fingerprint density at radius 1 is 1.23 bits per heavy atom. The van der Waals surface area contributed by atoms with Crippen LogP contribution in [0.15, 0.2) is 28.9 Å². The lowest BCUT2D eigenvalue weighted by Crippen LogP contribution is -2.25. The first-order valence-electron chi connectivity index (χ1n) is 7.68. The highest BCUT2D eigenvalue weighted by Crippen LogP contribution is 2.25. The standard InChI is InChI=1S/C16H20N4O2/c1-11-9-15(20-22-11)18-13-7-8-14(17-10-13)19-16(21)12-5-3-2-4-6-12/h7-10,12H,2-6H2,1H3,(H,18,20)(H,17,19,21). The minimum absolute atomic E-state index is 0.0834. The summed E-state index contributed by atoms with van der Waals surface area (Å²) in [5, 5.41) is 9.84. The Morgan fingerprint density at radius 2 is 2.05 bits per heavy atom. The summed E-state index contributed by atoms with van der Waals surface area (Å²) in [6, 6.07) is 5.45. The van der Waals surface area contributed by atoms with E-state index in [1.165, 1.54) is 6.42 Å². The van der Waals surface area contributed by atoms with Crippen LogP contribution < -0.4 is 10.6 Å². The van der Waals surface area contributed by atoms with Crippen LogP contribution in [0.3, 0.4) is 0 Å². The van der Waals surface area contributed by atoms with Gasteiger partial charge in [-0.15, -0.1) is 0 Å². The summed E-state index contributed by atoms with van der Waals surface area (Å²) in [4.78, 5) is 16.4. The largest absolute Gasteiger partial charge is 0.360 e. The highest BCUT2D eigenvalue weighted by molar-refractivity contribution is 5.91. The summed E-state index contributed by atoms with van der Waals surface area (Å²) in [6.45, 7) is 1.83. The minimum Gasteiger partial charge on any atom is -0.360 e. The van der Waals surface area contributed by atoms with Gasteiger partial charge in [-0.3, -0.25) is 4.79 Å². The Bertz CT molecular complexity index is 630. The molecule has 22 heavy (non-hydrogen) atoms. The zero-order valence-electron chi connectivity index (χ0n) is 12.6. The predicted octanol–water partition coefficient (Wildman–Crippen LogP) is 3.64. The van der Waals surface area contributed by atoms with E-state index < -0.39 is 0 Å². The number of anilines is 3. The molecule has 1 saturated carbocycles. The van der Waals surface area contributed by atoms with Gasteiger partial charge in [0.2, 0.25) is 5.91 Å². The molecule has 0 bridgehead atoms. The van der Waals surface area contributed by atoms with E-state index >= 15 is 0 Å². The third kappa shape index (κ3) is 3.63. The second-order valence-corrected chi connectivity index (χ2v) is 5.70. The molecule has 1 aliphatic carbocycles. The van der Waals surface area contributed by atoms with Crippen molar-refractivity contribution < 1.29 is 9.32 Å². The topological polar surface area (TPSA) is 80.0 Å². The van der Waals surface area contributed by atoms with Gasteiger partial charge in [0, 0.05) is 12.0 Å². The number of aromatic nitrogens is 2. The number of amides is 1. The molecule has 2 aromatic rings. The minimum atomic E-state index is 0.0834. The second kappa shape index (κ2) is 6.60. The van der Waals surface area contributed by atoms with E-state index in [0.717, 1.165) is 37.1 Å². The molecular formula is C16H20N4O2. The zero-order chi connectivity index (χ0) is 15.4. The van der Waals surface area contributed by atoms with Crippen LogP contribution in [0, 0.1) is 12.8 Å². The van der Waals surface area contributed by atoms with Gasteiger partial charge in [0.1, 0.15) is 11.6 Å². The molecule has 1 aliphatic rings. The van der Waals surface area contributed by atoms with Crippen molar-refractivity contribution in [1.29, 1.82) is 0 Å². The highest BCUT2D eigenvalue weighted by atomic mass is 16.5. The number of pyridine rings is 1. The number of carbonyl (C=O) groups excluding carboxylic acids is 1. The van der Waals surface area contributed by atoms with Gasteiger partial charge >= 0.3 is 0 Å². The molecule has 0 saturated heterocycles. The first kappa shape index (κ1) is 14.6. The number of hydrogen-bond donors (Lipinski definition) is 2. The molecule has 2 aromatic heterocycles. The zero-order valence-corrected chi connectivity index (χ0v) is 12.6. The molecular weight excluding hydrogens is 280 g/mol. The van der Waals surface area contributed by atoms with Crippen molar-refractivity contribution in [2.45, 2.75) is 39.0 Å². The summed E-state index contributed by atoms with van der Waals surface area (Å²) in [5.41, 5.74) is 0.795. The van der Waals surface area contributed by atoms with E-state index in [-0.39, 0.29) is 11.8 Å². The van der Waals surface area contributed by atoms with Gasteiger partial charge in [-0.05, 0) is 31.9 Å². The van der Waals surface area contributed by atoms with Crippen LogP contribution in [-0.4, -0.2) is 16.0 Å². The molecule has 3 rings (SSSR count). The van der Waals surface area contributed by atoms with Crippen molar-refractivity contribution in [1.82, 2.24) is 10.1 Å². The number of rotatable bonds is 4. The van der Waals surface area contributed by atoms with E-state index in [4.69, 9.17) is 4.52 Å². The van der Waals surface area contributed by atoms with Gasteiger partial charge in [0.05, 0.1) is 11.9 Å². The number of nitrogens with one attached hydrogen (secondary N) is 2. The molecule has 1 amide bonds. The highest BCUT2D eigenvalue weighted by Gasteiger charge is 2.21. The first-order chi connectivity index (χ1) is 10.7. The van der Waals surface area contributed by atoms with Crippen molar-refractivity contribution in [3.8, 4) is 0 Å². The van der Waals surface area contributed by atoms with Crippen LogP contribution in [-0.2, 0) is 4.79 Å². The Labute approximate surface area is 129 Å². The third-order valence-corrected chi connectivity index (χ3v) is 3.89. The maximum atomic E-state index is 12.2. The molecule has 0 aliphatic heterocycles. The van der Waals surface area contributed by atoms with E-state index in [0.29, 0.717) is 11.6 Å². The SMILES string of the molecule is Cc1cc(Nc2ccc(NC(=O)C3CCCCC3)nc2)no1. The van der Waals surface area contributed by atoms with Crippen molar-refractivity contribution in [2.75, 3.05) is 10.6 Å². The smallest absolute Gasteiger partial charge is 0.228 e. The molecule has 2 N–H and O–H groups in total. The Kier molecular flexibility index (Phi) is 4.37. The van der Waals surface area contributed by atoms with Crippen LogP contribution in [0.1, 0.15) is 37.9 Å². The van der Waals surface area contributed by atoms with E-state index in [9.17, 15) is 4.79 Å². The fraction of sp³-hybridized carbons (Fsp3) is 0.438. The molecule has 0 aromatic carbocycles. The lowest BCUT2D eigenvalue weighted by Gasteiger charge is -2.20. The second-order valence-electron chi connectivity index (χ2n) is 5.70. The van der Waals surface area contributed by atoms with Gasteiger partial charge in [-0.1, -0.05) is 24.4 Å². The summed E-state index contributed by atoms with van der Waals surface area (Å²) in [6.07, 6.45) is 7.16. The summed E-state index contributed by atoms with van der Waals surface area (Å²) in [7, 11) is 0. The number of hydrogen-bond acceptors (Lipinski definition) is 5. The molecule has 2 heterocycles. The third-order valence-electron chi connectivity index (χ3n) is 3.89. The van der Waals surface area contributed by atoms with Crippen LogP contribution in [0.4, 0.5) is 17.3 Å². The van der Waals surface area contributed by atoms with Gasteiger partial charge in [-0.2, -0.15) is 0 Å². The fourth-order valence-corrected chi connectivity index (χ4v) is 2.71. The molecule has 0 spiro atoms. The molecule has 6 heteroatoms. The van der Waals surface area contributed by atoms with Crippen LogP contribution in [0.5, 0.6) is 0 Å². The van der Waals surface area contributed by atoms with Crippen molar-refractivity contribution in [3.05, 3.63) is 30.2 Å². The van der Waals surface area contributed by atoms with Crippen LogP contribution in [0.25, 0.3) is 0 Å². The number of aryl methyl sites for hydroxylation is 1. The van der Waals surface area contributed by atoms with Crippen LogP contribution >= 0.6 is 0 Å². The maximum Gasteiger partial charge on any atom is 0.228 e. The average molecular weight is 300 g/mol. The van der Waals surface area contributed by atoms with Crippen LogP contribution in [0.2, 0.25) is 0 Å². The molecule has 1 fully saturated rings. The predicted molar refractivity (Wildman–Crippen MR) is 84.0 cm³/mol. The Balaban J connectivity index is 1.57. The lowest BCUT2D eigenvalue weighted by molar-refractivity contribution is -0.120. The summed E-state index contributed by atoms with van der Waals surface area (Å²) in [5.74, 6) is 2.18. The summed E-state index contributed by atoms with van der Waals surface area (Å²) >= 11 is 0. The van der Waals surface area contributed by atoms with Gasteiger partial charge in [0.25, 0.3) is 0 Å². The fourth-order valence-electron chi connectivity index (χ4n) is 2.71. The first-order valence-corrected chi connectivity index (χ1v) is 7.68. The van der Waals surface area contributed by atoms with E-state index in [1.54, 1.807) is 18.3 Å². The van der Waals surface area contributed by atoms with Gasteiger partial charge in [-0.25, -0.2) is 4.98 Å². The molecule has 0 unspecified atom stereocenters. The molecule has 0 radical (unpaired) electrons. The van der Waals surface area contributed by atoms with Crippen molar-refractivity contribution >= 4 is 23.2 Å². The monoisotopic (exact) mass is 300 g/mol. The number of carbonyl (C=O) groups is 1. The summed E-state index contributed by atoms with van der Waals surface area (Å²) < 4.78 is 4.99. The lowest BCUT2D eigenvalue weighted by atomic mass is 9.89. The number of nitrogens with zero attached hydrogens (tertiary/aromatic N) is 2. The average Bonchev–Trinajstić information content (AvgIpc) is 2.95. The molecule has 0 atom stereocenters. The van der Waals surface area contributed by atoms with E-state index in [1.807, 2.05) is 13.0 Å². The normalized spacial score (nSPS) is 15.5. The van der Waals surface area contributed by atoms with Gasteiger partial charge in [0.15, 0.2) is 5.82 Å². The van der Waals surface area contributed by atoms with E-state index in [2.05, 4.69) is 20.8 Å².